The number of nitrogens with one attached hydrogen (secondary N) is 1. The highest BCUT2D eigenvalue weighted by Gasteiger charge is 2.24. The summed E-state index contributed by atoms with van der Waals surface area (Å²) in [5, 5.41) is 2.95. The molecular formula is C22H21Br2NO3. The van der Waals surface area contributed by atoms with E-state index in [4.69, 9.17) is 0 Å². The Morgan fingerprint density at radius 2 is 1.54 bits per heavy atom. The first-order chi connectivity index (χ1) is 13.5. The second-order valence-electron chi connectivity index (χ2n) is 6.62. The highest BCUT2D eigenvalue weighted by atomic mass is 79.9. The molecule has 2 aromatic rings. The molecule has 1 aliphatic rings. The number of halogens is 2. The van der Waals surface area contributed by atoms with E-state index in [-0.39, 0.29) is 11.9 Å². The summed E-state index contributed by atoms with van der Waals surface area (Å²) < 4.78 is 6.58. The third-order valence-corrected chi connectivity index (χ3v) is 5.68. The van der Waals surface area contributed by atoms with Gasteiger partial charge in [-0.25, -0.2) is 0 Å². The molecule has 1 N–H and O–H groups in total. The van der Waals surface area contributed by atoms with Crippen LogP contribution in [0.1, 0.15) is 36.8 Å². The van der Waals surface area contributed by atoms with Crippen molar-refractivity contribution in [3.63, 3.8) is 0 Å². The van der Waals surface area contributed by atoms with Gasteiger partial charge in [-0.05, 0) is 64.9 Å². The van der Waals surface area contributed by atoms with Crippen LogP contribution in [-0.2, 0) is 14.3 Å². The Morgan fingerprint density at radius 1 is 0.929 bits per heavy atom. The summed E-state index contributed by atoms with van der Waals surface area (Å²) in [7, 11) is 1.40. The second kappa shape index (κ2) is 9.52. The molecule has 0 fully saturated rings. The van der Waals surface area contributed by atoms with Crippen LogP contribution in [0.25, 0.3) is 16.7 Å². The van der Waals surface area contributed by atoms with E-state index >= 15 is 0 Å². The van der Waals surface area contributed by atoms with Crippen molar-refractivity contribution in [3.05, 3.63) is 62.5 Å². The van der Waals surface area contributed by atoms with Gasteiger partial charge < -0.3 is 10.1 Å². The zero-order chi connectivity index (χ0) is 20.1. The number of fused-ring (bicyclic) bond motifs is 3. The van der Waals surface area contributed by atoms with Crippen LogP contribution in [0.2, 0.25) is 0 Å². The maximum Gasteiger partial charge on any atom is 0.305 e. The minimum absolute atomic E-state index is 0.110. The van der Waals surface area contributed by atoms with E-state index in [1.54, 1.807) is 6.08 Å². The first-order valence-corrected chi connectivity index (χ1v) is 10.7. The predicted molar refractivity (Wildman–Crippen MR) is 118 cm³/mol. The number of benzene rings is 2. The average molecular weight is 507 g/mol. The summed E-state index contributed by atoms with van der Waals surface area (Å²) in [6.45, 7) is 0.584. The lowest BCUT2D eigenvalue weighted by Gasteiger charge is -2.06. The number of rotatable bonds is 7. The Balaban J connectivity index is 1.68. The summed E-state index contributed by atoms with van der Waals surface area (Å²) in [6, 6.07) is 12.3. The van der Waals surface area contributed by atoms with Gasteiger partial charge in [0.1, 0.15) is 0 Å². The predicted octanol–water partition coefficient (Wildman–Crippen LogP) is 5.47. The van der Waals surface area contributed by atoms with Crippen molar-refractivity contribution in [2.24, 2.45) is 0 Å². The van der Waals surface area contributed by atoms with Crippen molar-refractivity contribution >= 4 is 49.3 Å². The fourth-order valence-electron chi connectivity index (χ4n) is 3.32. The van der Waals surface area contributed by atoms with Crippen LogP contribution in [0.4, 0.5) is 0 Å². The number of hydrogen-bond donors (Lipinski definition) is 1. The monoisotopic (exact) mass is 505 g/mol. The van der Waals surface area contributed by atoms with Crippen molar-refractivity contribution in [1.29, 1.82) is 0 Å². The number of unbranched alkanes of at least 4 members (excludes halogenated alkanes) is 2. The van der Waals surface area contributed by atoms with Crippen LogP contribution in [-0.4, -0.2) is 25.5 Å². The second-order valence-corrected chi connectivity index (χ2v) is 8.45. The number of amides is 1. The first-order valence-electron chi connectivity index (χ1n) is 9.16. The molecule has 0 saturated heterocycles. The minimum Gasteiger partial charge on any atom is -0.469 e. The summed E-state index contributed by atoms with van der Waals surface area (Å²) in [6.07, 6.45) is 4.57. The summed E-state index contributed by atoms with van der Waals surface area (Å²) in [5.41, 5.74) is 5.29. The third-order valence-electron chi connectivity index (χ3n) is 4.69. The van der Waals surface area contributed by atoms with Crippen LogP contribution in [0.5, 0.6) is 0 Å². The van der Waals surface area contributed by atoms with Gasteiger partial charge in [-0.1, -0.05) is 50.4 Å². The molecule has 0 spiro atoms. The standard InChI is InChI=1S/C22H21Br2NO3/c1-28-22(27)5-3-2-4-10-25-21(26)13-20-18-11-14(23)6-8-16(18)17-9-7-15(24)12-19(17)20/h6-9,11-13H,2-5,10H2,1H3,(H,25,26). The Hall–Kier alpha value is -1.92. The summed E-state index contributed by atoms with van der Waals surface area (Å²) in [5.74, 6) is -0.300. The molecule has 2 aromatic carbocycles. The van der Waals surface area contributed by atoms with Gasteiger partial charge in [0.05, 0.1) is 7.11 Å². The molecule has 6 heteroatoms. The van der Waals surface area contributed by atoms with Crippen molar-refractivity contribution in [2.75, 3.05) is 13.7 Å². The lowest BCUT2D eigenvalue weighted by molar-refractivity contribution is -0.140. The number of esters is 1. The average Bonchev–Trinajstić information content (AvgIpc) is 2.96. The Kier molecular flexibility index (Phi) is 7.08. The maximum absolute atomic E-state index is 12.5. The summed E-state index contributed by atoms with van der Waals surface area (Å²) in [4.78, 5) is 23.6. The smallest absolute Gasteiger partial charge is 0.305 e. The Bertz CT molecular complexity index is 884. The minimum atomic E-state index is -0.190. The summed E-state index contributed by atoms with van der Waals surface area (Å²) >= 11 is 7.06. The van der Waals surface area contributed by atoms with E-state index in [1.807, 2.05) is 12.1 Å². The number of hydrogen-bond acceptors (Lipinski definition) is 3. The topological polar surface area (TPSA) is 55.4 Å². The van der Waals surface area contributed by atoms with Crippen LogP contribution < -0.4 is 5.32 Å². The quantitative estimate of drug-likeness (QED) is 0.262. The first kappa shape index (κ1) is 20.8. The Labute approximate surface area is 181 Å². The van der Waals surface area contributed by atoms with E-state index in [9.17, 15) is 9.59 Å². The van der Waals surface area contributed by atoms with Crippen LogP contribution in [0.3, 0.4) is 0 Å². The lowest BCUT2D eigenvalue weighted by atomic mass is 10.0. The van der Waals surface area contributed by atoms with Gasteiger partial charge in [-0.3, -0.25) is 9.59 Å². The fraction of sp³-hybridized carbons (Fsp3) is 0.273. The van der Waals surface area contributed by atoms with Gasteiger partial charge in [-0.2, -0.15) is 0 Å². The van der Waals surface area contributed by atoms with Crippen LogP contribution in [0, 0.1) is 0 Å². The third kappa shape index (κ3) is 4.92. The van der Waals surface area contributed by atoms with E-state index in [2.05, 4.69) is 66.2 Å². The van der Waals surface area contributed by atoms with E-state index in [1.165, 1.54) is 7.11 Å². The van der Waals surface area contributed by atoms with Gasteiger partial charge in [0.15, 0.2) is 0 Å². The molecule has 0 radical (unpaired) electrons. The number of methoxy groups -OCH3 is 1. The van der Waals surface area contributed by atoms with Crippen molar-refractivity contribution in [2.45, 2.75) is 25.7 Å². The van der Waals surface area contributed by atoms with E-state index < -0.39 is 0 Å². The largest absolute Gasteiger partial charge is 0.469 e. The fourth-order valence-corrected chi connectivity index (χ4v) is 4.04. The molecule has 0 atom stereocenters. The molecule has 146 valence electrons. The van der Waals surface area contributed by atoms with Gasteiger partial charge in [0.25, 0.3) is 0 Å². The zero-order valence-electron chi connectivity index (χ0n) is 15.6. The zero-order valence-corrected chi connectivity index (χ0v) is 18.7. The van der Waals surface area contributed by atoms with E-state index in [0.29, 0.717) is 13.0 Å². The van der Waals surface area contributed by atoms with Gasteiger partial charge >= 0.3 is 5.97 Å². The van der Waals surface area contributed by atoms with Crippen molar-refractivity contribution < 1.29 is 14.3 Å². The molecule has 0 saturated carbocycles. The van der Waals surface area contributed by atoms with Gasteiger partial charge in [0.2, 0.25) is 5.91 Å². The normalized spacial score (nSPS) is 11.6. The molecule has 1 aliphatic carbocycles. The van der Waals surface area contributed by atoms with Crippen LogP contribution in [0.15, 0.2) is 51.4 Å². The molecule has 4 nitrogen and oxygen atoms in total. The lowest BCUT2D eigenvalue weighted by Crippen LogP contribution is -2.22. The van der Waals surface area contributed by atoms with Crippen molar-refractivity contribution in [3.8, 4) is 11.1 Å². The molecule has 3 rings (SSSR count). The molecule has 0 aromatic heterocycles. The highest BCUT2D eigenvalue weighted by molar-refractivity contribution is 9.10. The van der Waals surface area contributed by atoms with Crippen molar-refractivity contribution in [1.82, 2.24) is 5.32 Å². The number of carbonyl (C=O) groups excluding carboxylic acids is 2. The number of carbonyl (C=O) groups is 2. The maximum atomic E-state index is 12.5. The Morgan fingerprint density at radius 3 is 2.11 bits per heavy atom. The molecule has 0 unspecified atom stereocenters. The molecule has 28 heavy (non-hydrogen) atoms. The van der Waals surface area contributed by atoms with Gasteiger partial charge in [-0.15, -0.1) is 0 Å². The SMILES string of the molecule is COC(=O)CCCCCNC(=O)C=C1c2cc(Br)ccc2-c2ccc(Br)cc21. The molecular weight excluding hydrogens is 486 g/mol. The molecule has 0 bridgehead atoms. The van der Waals surface area contributed by atoms with Crippen LogP contribution >= 0.6 is 31.9 Å². The molecule has 0 aliphatic heterocycles. The van der Waals surface area contributed by atoms with E-state index in [0.717, 1.165) is 56.0 Å². The highest BCUT2D eigenvalue weighted by Crippen LogP contribution is 2.45. The van der Waals surface area contributed by atoms with Gasteiger partial charge in [0, 0.05) is 28.0 Å². The molecule has 1 amide bonds. The number of ether oxygens (including phenoxy) is 1. The molecule has 0 heterocycles.